The molecule has 0 spiro atoms. The highest BCUT2D eigenvalue weighted by Gasteiger charge is 2.36. The molecule has 30 heavy (non-hydrogen) atoms. The molecular formula is C21H19NO8. The second-order valence-corrected chi connectivity index (χ2v) is 7.18. The number of hydrogen-bond donors (Lipinski definition) is 4. The molecule has 0 bridgehead atoms. The Balaban J connectivity index is 2.06. The third-order valence-electron chi connectivity index (χ3n) is 4.83. The molecule has 1 amide bonds. The molecule has 2 aromatic carbocycles. The number of ether oxygens (including phenoxy) is 1. The molecule has 1 unspecified atom stereocenters. The largest absolute Gasteiger partial charge is 0.508 e. The lowest BCUT2D eigenvalue weighted by atomic mass is 9.82. The molecule has 0 saturated carbocycles. The van der Waals surface area contributed by atoms with Gasteiger partial charge in [-0.15, -0.1) is 0 Å². The van der Waals surface area contributed by atoms with Crippen molar-refractivity contribution in [2.75, 3.05) is 7.11 Å². The molecule has 0 heterocycles. The molecule has 2 aromatic rings. The summed E-state index contributed by atoms with van der Waals surface area (Å²) in [6, 6.07) is 3.08. The maximum Gasteiger partial charge on any atom is 0.328 e. The number of phenols is 3. The number of fused-ring (bicyclic) bond motifs is 2. The highest BCUT2D eigenvalue weighted by molar-refractivity contribution is 6.30. The van der Waals surface area contributed by atoms with Crippen molar-refractivity contribution in [3.8, 4) is 17.2 Å². The maximum atomic E-state index is 12.9. The number of carbonyl (C=O) groups excluding carboxylic acids is 4. The highest BCUT2D eigenvalue weighted by Crippen LogP contribution is 2.39. The third-order valence-corrected chi connectivity index (χ3v) is 4.83. The van der Waals surface area contributed by atoms with E-state index in [9.17, 15) is 34.5 Å². The third kappa shape index (κ3) is 3.34. The summed E-state index contributed by atoms with van der Waals surface area (Å²) in [5.74, 6) is -4.96. The summed E-state index contributed by atoms with van der Waals surface area (Å²) in [5, 5.41) is 32.5. The molecule has 4 N–H and O–H groups in total. The standard InChI is InChI=1S/C21H19NO8/c1-8(2)17(21(29)30-3)22-20(28)9-4-11-15(13(24)5-9)19(27)16-12(18(11)26)6-10(23)7-14(16)25/h4-8,17,23-25H,1-3H3,(H,22,28). The van der Waals surface area contributed by atoms with Crippen molar-refractivity contribution < 1.29 is 39.2 Å². The predicted molar refractivity (Wildman–Crippen MR) is 103 cm³/mol. The molecule has 1 aliphatic rings. The highest BCUT2D eigenvalue weighted by atomic mass is 16.5. The van der Waals surface area contributed by atoms with Crippen LogP contribution in [0.25, 0.3) is 0 Å². The molecule has 9 nitrogen and oxygen atoms in total. The molecule has 3 rings (SSSR count). The van der Waals surface area contributed by atoms with Crippen molar-refractivity contribution in [2.45, 2.75) is 19.9 Å². The zero-order valence-electron chi connectivity index (χ0n) is 16.3. The number of aromatic hydroxyl groups is 3. The quantitative estimate of drug-likeness (QED) is 0.470. The number of nitrogens with one attached hydrogen (secondary N) is 1. The first-order valence-corrected chi connectivity index (χ1v) is 8.97. The van der Waals surface area contributed by atoms with Crippen LogP contribution < -0.4 is 5.32 Å². The lowest BCUT2D eigenvalue weighted by molar-refractivity contribution is -0.144. The van der Waals surface area contributed by atoms with Gasteiger partial charge in [-0.2, -0.15) is 0 Å². The molecule has 156 valence electrons. The topological polar surface area (TPSA) is 150 Å². The van der Waals surface area contributed by atoms with Crippen LogP contribution in [0, 0.1) is 5.92 Å². The number of amides is 1. The molecular weight excluding hydrogens is 394 g/mol. The van der Waals surface area contributed by atoms with Crippen LogP contribution in [0.5, 0.6) is 17.2 Å². The van der Waals surface area contributed by atoms with Gasteiger partial charge < -0.3 is 25.4 Å². The van der Waals surface area contributed by atoms with Crippen LogP contribution in [0.1, 0.15) is 56.0 Å². The summed E-state index contributed by atoms with van der Waals surface area (Å²) in [4.78, 5) is 50.2. The van der Waals surface area contributed by atoms with Crippen LogP contribution in [-0.4, -0.2) is 51.9 Å². The Labute approximate surface area is 170 Å². The first kappa shape index (κ1) is 20.8. The Morgan fingerprint density at radius 3 is 2.03 bits per heavy atom. The van der Waals surface area contributed by atoms with Gasteiger partial charge in [0.05, 0.1) is 18.2 Å². The molecule has 0 saturated heterocycles. The zero-order valence-corrected chi connectivity index (χ0v) is 16.3. The van der Waals surface area contributed by atoms with Gasteiger partial charge in [-0.25, -0.2) is 4.79 Å². The van der Waals surface area contributed by atoms with E-state index < -0.39 is 46.7 Å². The van der Waals surface area contributed by atoms with Crippen molar-refractivity contribution in [3.05, 3.63) is 52.1 Å². The van der Waals surface area contributed by atoms with Gasteiger partial charge in [0.2, 0.25) is 5.78 Å². The summed E-state index contributed by atoms with van der Waals surface area (Å²) < 4.78 is 4.67. The number of phenolic OH excluding ortho intramolecular Hbond substituents is 3. The van der Waals surface area contributed by atoms with Crippen molar-refractivity contribution in [1.29, 1.82) is 0 Å². The van der Waals surface area contributed by atoms with Crippen molar-refractivity contribution >= 4 is 23.4 Å². The van der Waals surface area contributed by atoms with Gasteiger partial charge in [-0.3, -0.25) is 14.4 Å². The summed E-state index contributed by atoms with van der Waals surface area (Å²) in [7, 11) is 1.18. The van der Waals surface area contributed by atoms with Crippen molar-refractivity contribution in [3.63, 3.8) is 0 Å². The Kier molecular flexibility index (Phi) is 5.22. The predicted octanol–water partition coefficient (Wildman–Crippen LogP) is 1.51. The first-order valence-electron chi connectivity index (χ1n) is 8.97. The molecule has 0 aliphatic heterocycles. The van der Waals surface area contributed by atoms with E-state index >= 15 is 0 Å². The molecule has 0 aromatic heterocycles. The minimum Gasteiger partial charge on any atom is -0.508 e. The van der Waals surface area contributed by atoms with Crippen LogP contribution in [0.3, 0.4) is 0 Å². The van der Waals surface area contributed by atoms with E-state index in [1.807, 2.05) is 0 Å². The number of hydrogen-bond acceptors (Lipinski definition) is 8. The lowest BCUT2D eigenvalue weighted by Gasteiger charge is -2.22. The molecule has 1 aliphatic carbocycles. The number of rotatable bonds is 4. The Morgan fingerprint density at radius 2 is 1.47 bits per heavy atom. The summed E-state index contributed by atoms with van der Waals surface area (Å²) in [5.41, 5.74) is -1.38. The molecule has 0 radical (unpaired) electrons. The van der Waals surface area contributed by atoms with Gasteiger partial charge in [0.15, 0.2) is 5.78 Å². The number of methoxy groups -OCH3 is 1. The fourth-order valence-electron chi connectivity index (χ4n) is 3.32. The van der Waals surface area contributed by atoms with Crippen molar-refractivity contribution in [1.82, 2.24) is 5.32 Å². The number of esters is 1. The minimum absolute atomic E-state index is 0.158. The Bertz CT molecular complexity index is 1100. The summed E-state index contributed by atoms with van der Waals surface area (Å²) >= 11 is 0. The normalized spacial score (nSPS) is 13.5. The average Bonchev–Trinajstić information content (AvgIpc) is 2.67. The van der Waals surface area contributed by atoms with E-state index in [4.69, 9.17) is 0 Å². The SMILES string of the molecule is COC(=O)C(NC(=O)c1cc(O)c2c(c1)C(=O)c1cc(O)cc(O)c1C2=O)C(C)C. The summed E-state index contributed by atoms with van der Waals surface area (Å²) in [6.45, 7) is 3.40. The van der Waals surface area contributed by atoms with Crippen LogP contribution in [0.2, 0.25) is 0 Å². The number of benzene rings is 2. The van der Waals surface area contributed by atoms with E-state index in [2.05, 4.69) is 10.1 Å². The van der Waals surface area contributed by atoms with E-state index in [-0.39, 0.29) is 33.7 Å². The smallest absolute Gasteiger partial charge is 0.328 e. The Hall–Kier alpha value is -3.88. The second-order valence-electron chi connectivity index (χ2n) is 7.18. The van der Waals surface area contributed by atoms with Gasteiger partial charge in [-0.05, 0) is 24.1 Å². The monoisotopic (exact) mass is 413 g/mol. The first-order chi connectivity index (χ1) is 14.1. The Morgan fingerprint density at radius 1 is 0.900 bits per heavy atom. The van der Waals surface area contributed by atoms with Crippen LogP contribution in [0.4, 0.5) is 0 Å². The van der Waals surface area contributed by atoms with E-state index in [0.29, 0.717) is 0 Å². The van der Waals surface area contributed by atoms with E-state index in [0.717, 1.165) is 24.3 Å². The van der Waals surface area contributed by atoms with Gasteiger partial charge >= 0.3 is 5.97 Å². The molecule has 9 heteroatoms. The molecule has 0 fully saturated rings. The number of ketones is 2. The number of carbonyl (C=O) groups is 4. The fourth-order valence-corrected chi connectivity index (χ4v) is 3.32. The maximum absolute atomic E-state index is 12.9. The minimum atomic E-state index is -0.965. The van der Waals surface area contributed by atoms with Gasteiger partial charge in [0.25, 0.3) is 5.91 Å². The van der Waals surface area contributed by atoms with Crippen LogP contribution >= 0.6 is 0 Å². The fraction of sp³-hybridized carbons (Fsp3) is 0.238. The van der Waals surface area contributed by atoms with E-state index in [1.54, 1.807) is 13.8 Å². The summed E-state index contributed by atoms with van der Waals surface area (Å²) in [6.07, 6.45) is 0. The van der Waals surface area contributed by atoms with Gasteiger partial charge in [0.1, 0.15) is 23.3 Å². The van der Waals surface area contributed by atoms with Gasteiger partial charge in [-0.1, -0.05) is 13.8 Å². The van der Waals surface area contributed by atoms with Gasteiger partial charge in [0, 0.05) is 22.8 Å². The lowest BCUT2D eigenvalue weighted by Crippen LogP contribution is -2.45. The van der Waals surface area contributed by atoms with Crippen LogP contribution in [0.15, 0.2) is 24.3 Å². The van der Waals surface area contributed by atoms with Crippen LogP contribution in [-0.2, 0) is 9.53 Å². The zero-order chi connectivity index (χ0) is 22.3. The molecule has 1 atom stereocenters. The average molecular weight is 413 g/mol. The van der Waals surface area contributed by atoms with Crippen molar-refractivity contribution in [2.24, 2.45) is 5.92 Å². The van der Waals surface area contributed by atoms with E-state index in [1.165, 1.54) is 7.11 Å². The second kappa shape index (κ2) is 7.51.